The smallest absolute Gasteiger partial charge is 0.274 e. The summed E-state index contributed by atoms with van der Waals surface area (Å²) < 4.78 is 14.3. The lowest BCUT2D eigenvalue weighted by molar-refractivity contribution is 0.0196. The van der Waals surface area contributed by atoms with Gasteiger partial charge < -0.3 is 30.0 Å². The lowest BCUT2D eigenvalue weighted by Crippen LogP contribution is -2.50. The van der Waals surface area contributed by atoms with Gasteiger partial charge in [-0.2, -0.15) is 0 Å². The van der Waals surface area contributed by atoms with E-state index in [-0.39, 0.29) is 29.4 Å². The summed E-state index contributed by atoms with van der Waals surface area (Å²) in [6, 6.07) is 5.78. The van der Waals surface area contributed by atoms with E-state index < -0.39 is 5.91 Å². The normalized spacial score (nSPS) is 27.3. The Bertz CT molecular complexity index is 1320. The number of ether oxygens (including phenoxy) is 2. The Morgan fingerprint density at radius 2 is 2.12 bits per heavy atom. The summed E-state index contributed by atoms with van der Waals surface area (Å²) in [7, 11) is 3.68. The van der Waals surface area contributed by atoms with E-state index in [2.05, 4.69) is 20.3 Å². The van der Waals surface area contributed by atoms with Crippen molar-refractivity contribution in [2.75, 3.05) is 37.6 Å². The highest BCUT2D eigenvalue weighted by Gasteiger charge is 2.55. The Morgan fingerprint density at radius 3 is 2.79 bits per heavy atom. The monoisotopic (exact) mass is 465 g/mol. The van der Waals surface area contributed by atoms with E-state index in [0.29, 0.717) is 42.2 Å². The first kappa shape index (κ1) is 21.1. The Hall–Kier alpha value is -3.44. The molecule has 0 bridgehead atoms. The molecule has 4 unspecified atom stereocenters. The number of hydrogen-bond acceptors (Lipinski definition) is 8. The lowest BCUT2D eigenvalue weighted by atomic mass is 9.87. The molecule has 0 spiro atoms. The van der Waals surface area contributed by atoms with E-state index in [1.165, 1.54) is 10.7 Å². The van der Waals surface area contributed by atoms with Gasteiger partial charge in [-0.1, -0.05) is 0 Å². The molecule has 2 saturated carbocycles. The third kappa shape index (κ3) is 3.18. The highest BCUT2D eigenvalue weighted by Crippen LogP contribution is 2.53. The maximum atomic E-state index is 13.3. The molecule has 3 fully saturated rings. The number of anilines is 3. The average Bonchev–Trinajstić information content (AvgIpc) is 3.13. The fraction of sp³-hybridized carbons (Fsp3) is 0.478. The minimum atomic E-state index is -0.631. The zero-order chi connectivity index (χ0) is 23.6. The largest absolute Gasteiger partial charge is 0.381 e. The number of carbonyl (C=O) groups is 1. The highest BCUT2D eigenvalue weighted by atomic mass is 16.5. The van der Waals surface area contributed by atoms with Crippen LogP contribution in [0.1, 0.15) is 29.4 Å². The van der Waals surface area contributed by atoms with Crippen LogP contribution in [-0.4, -0.2) is 64.6 Å². The van der Waals surface area contributed by atoms with Crippen molar-refractivity contribution in [1.29, 1.82) is 0 Å². The van der Waals surface area contributed by atoms with Crippen LogP contribution in [0.4, 0.5) is 17.2 Å². The molecular weight excluding hydrogens is 438 g/mol. The maximum Gasteiger partial charge on any atom is 0.274 e. The number of imidazole rings is 1. The van der Waals surface area contributed by atoms with Crippen molar-refractivity contribution in [3.63, 3.8) is 0 Å². The third-order valence-corrected chi connectivity index (χ3v) is 7.52. The summed E-state index contributed by atoms with van der Waals surface area (Å²) >= 11 is 0. The van der Waals surface area contributed by atoms with Crippen LogP contribution in [-0.2, 0) is 9.47 Å². The van der Waals surface area contributed by atoms with Crippen LogP contribution in [0.25, 0.3) is 5.65 Å². The second kappa shape index (κ2) is 7.81. The first-order chi connectivity index (χ1) is 16.5. The van der Waals surface area contributed by atoms with Gasteiger partial charge in [0, 0.05) is 44.3 Å². The first-order valence-corrected chi connectivity index (χ1v) is 11.5. The van der Waals surface area contributed by atoms with Gasteiger partial charge in [-0.3, -0.25) is 9.59 Å². The van der Waals surface area contributed by atoms with E-state index in [9.17, 15) is 9.59 Å². The number of likely N-dealkylation sites (N-methyl/N-ethyl adjacent to an activating group) is 1. The second-order valence-electron chi connectivity index (χ2n) is 9.30. The number of nitrogens with zero attached hydrogens (tertiary/aromatic N) is 5. The zero-order valence-corrected chi connectivity index (χ0v) is 19.0. The van der Waals surface area contributed by atoms with Gasteiger partial charge in [0.25, 0.3) is 11.5 Å². The van der Waals surface area contributed by atoms with Gasteiger partial charge in [-0.15, -0.1) is 5.10 Å². The van der Waals surface area contributed by atoms with Crippen LogP contribution in [0, 0.1) is 11.8 Å². The number of nitrogens with one attached hydrogen (secondary N) is 1. The van der Waals surface area contributed by atoms with Gasteiger partial charge in [0.15, 0.2) is 11.5 Å². The molecule has 3 N–H and O–H groups in total. The fourth-order valence-corrected chi connectivity index (χ4v) is 5.39. The highest BCUT2D eigenvalue weighted by molar-refractivity contribution is 5.92. The average molecular weight is 466 g/mol. The van der Waals surface area contributed by atoms with Gasteiger partial charge in [-0.05, 0) is 25.0 Å². The van der Waals surface area contributed by atoms with Crippen LogP contribution >= 0.6 is 0 Å². The van der Waals surface area contributed by atoms with E-state index in [0.717, 1.165) is 18.5 Å². The van der Waals surface area contributed by atoms with E-state index in [1.54, 1.807) is 17.7 Å². The van der Waals surface area contributed by atoms with E-state index in [4.69, 9.17) is 15.2 Å². The molecule has 1 amide bonds. The van der Waals surface area contributed by atoms with Crippen molar-refractivity contribution in [1.82, 2.24) is 19.2 Å². The second-order valence-corrected chi connectivity index (χ2v) is 9.30. The number of primary amides is 1. The number of aromatic nitrogens is 4. The quantitative estimate of drug-likeness (QED) is 0.532. The summed E-state index contributed by atoms with van der Waals surface area (Å²) in [5.74, 6) is 0.594. The molecule has 4 heterocycles. The predicted molar refractivity (Wildman–Crippen MR) is 125 cm³/mol. The third-order valence-electron chi connectivity index (χ3n) is 7.52. The molecule has 3 aliphatic rings. The van der Waals surface area contributed by atoms with Gasteiger partial charge in [0.2, 0.25) is 0 Å². The number of pyridine rings is 1. The molecule has 34 heavy (non-hydrogen) atoms. The lowest BCUT2D eigenvalue weighted by Gasteiger charge is -2.42. The number of fused-ring (bicyclic) bond motifs is 2. The number of nitrogens with two attached hydrogens (primary N) is 1. The van der Waals surface area contributed by atoms with Crippen molar-refractivity contribution >= 4 is 28.7 Å². The topological polar surface area (TPSA) is 129 Å². The molecule has 4 atom stereocenters. The van der Waals surface area contributed by atoms with Gasteiger partial charge in [0.1, 0.15) is 11.4 Å². The molecule has 0 radical (unpaired) electrons. The Kier molecular flexibility index (Phi) is 4.85. The molecule has 3 aromatic heterocycles. The predicted octanol–water partition coefficient (Wildman–Crippen LogP) is 1.16. The molecule has 2 aliphatic carbocycles. The van der Waals surface area contributed by atoms with Crippen LogP contribution in [0.3, 0.4) is 0 Å². The summed E-state index contributed by atoms with van der Waals surface area (Å²) in [5.41, 5.74) is 7.31. The first-order valence-electron chi connectivity index (χ1n) is 11.5. The van der Waals surface area contributed by atoms with E-state index in [1.807, 2.05) is 25.4 Å². The van der Waals surface area contributed by atoms with Crippen molar-refractivity contribution in [2.24, 2.45) is 17.6 Å². The van der Waals surface area contributed by atoms with Crippen molar-refractivity contribution in [3.05, 3.63) is 46.6 Å². The Labute approximate surface area is 195 Å². The summed E-state index contributed by atoms with van der Waals surface area (Å²) in [5, 5.41) is 7.71. The zero-order valence-electron chi connectivity index (χ0n) is 19.0. The molecule has 11 nitrogen and oxygen atoms in total. The van der Waals surface area contributed by atoms with Crippen LogP contribution in [0.5, 0.6) is 0 Å². The molecule has 11 heteroatoms. The molecule has 6 rings (SSSR count). The molecule has 1 aliphatic heterocycles. The number of hydrogen-bond donors (Lipinski definition) is 2. The fourth-order valence-electron chi connectivity index (χ4n) is 5.39. The molecule has 0 aromatic carbocycles. The summed E-state index contributed by atoms with van der Waals surface area (Å²) in [4.78, 5) is 31.8. The van der Waals surface area contributed by atoms with E-state index >= 15 is 0 Å². The SMILES string of the molecule is COC1CCC1N(C)c1cc(Nc2cccn(C3C4COCC43)c2=O)nn2c(C(N)=O)cnc12. The Balaban J connectivity index is 1.39. The maximum absolute atomic E-state index is 13.3. The molecule has 178 valence electrons. The van der Waals surface area contributed by atoms with Crippen LogP contribution in [0.15, 0.2) is 35.4 Å². The standard InChI is InChI=1S/C23H27N7O4/c1-28(15-5-6-18(15)33-2)16-8-19(27-30-17(21(24)31)9-25-22(16)30)26-14-4-3-7-29(23(14)32)20-12-10-34-11-13(12)20/h3-4,7-9,12-13,15,18,20H,5-6,10-11H2,1-2H3,(H2,24,31)(H,26,27). The van der Waals surface area contributed by atoms with Crippen LogP contribution < -0.4 is 21.5 Å². The summed E-state index contributed by atoms with van der Waals surface area (Å²) in [6.45, 7) is 1.40. The molecular formula is C23H27N7O4. The van der Waals surface area contributed by atoms with Crippen molar-refractivity contribution < 1.29 is 14.3 Å². The summed E-state index contributed by atoms with van der Waals surface area (Å²) in [6.07, 6.45) is 5.32. The number of methoxy groups -OCH3 is 1. The minimum Gasteiger partial charge on any atom is -0.381 e. The number of carbonyl (C=O) groups excluding carboxylic acids is 1. The molecule has 3 aromatic rings. The van der Waals surface area contributed by atoms with Gasteiger partial charge >= 0.3 is 0 Å². The van der Waals surface area contributed by atoms with Gasteiger partial charge in [0.05, 0.1) is 37.2 Å². The van der Waals surface area contributed by atoms with Gasteiger partial charge in [-0.25, -0.2) is 9.50 Å². The molecule has 1 saturated heterocycles. The Morgan fingerprint density at radius 1 is 1.32 bits per heavy atom. The van der Waals surface area contributed by atoms with Crippen molar-refractivity contribution in [2.45, 2.75) is 31.0 Å². The minimum absolute atomic E-state index is 0.113. The number of rotatable bonds is 7. The van der Waals surface area contributed by atoms with Crippen LogP contribution in [0.2, 0.25) is 0 Å². The van der Waals surface area contributed by atoms with Crippen molar-refractivity contribution in [3.8, 4) is 0 Å². The number of amides is 1.